The maximum absolute atomic E-state index is 2.68. The molecule has 0 aromatic heterocycles. The van der Waals surface area contributed by atoms with Gasteiger partial charge in [-0.2, -0.15) is 0 Å². The summed E-state index contributed by atoms with van der Waals surface area (Å²) in [6.45, 7) is 9.22. The zero-order valence-electron chi connectivity index (χ0n) is 28.7. The van der Waals surface area contributed by atoms with Gasteiger partial charge in [-0.05, 0) is 0 Å². The van der Waals surface area contributed by atoms with Gasteiger partial charge in [0.1, 0.15) is 0 Å². The van der Waals surface area contributed by atoms with E-state index in [9.17, 15) is 0 Å². The van der Waals surface area contributed by atoms with Gasteiger partial charge in [-0.15, -0.1) is 0 Å². The number of rotatable bonds is 12. The molecule has 0 amide bonds. The molecule has 3 aliphatic rings. The van der Waals surface area contributed by atoms with Crippen molar-refractivity contribution in [2.24, 2.45) is 0 Å². The van der Waals surface area contributed by atoms with Crippen LogP contribution in [0.3, 0.4) is 0 Å². The number of benzene rings is 4. The molecule has 1 saturated heterocycles. The number of unbranched alkanes of at least 4 members (excludes halogenated alkanes) is 2. The van der Waals surface area contributed by atoms with E-state index in [-0.39, 0.29) is 24.8 Å². The van der Waals surface area contributed by atoms with Crippen LogP contribution in [0.4, 0.5) is 0 Å². The first-order valence-corrected chi connectivity index (χ1v) is 22.0. The number of halogens is 2. The summed E-state index contributed by atoms with van der Waals surface area (Å²) >= 11 is -2.43. The molecule has 0 saturated carbocycles. The molecule has 4 aromatic carbocycles. The average molecular weight is 698 g/mol. The second kappa shape index (κ2) is 15.5. The molecule has 2 atom stereocenters. The summed E-state index contributed by atoms with van der Waals surface area (Å²) in [4.78, 5) is 0. The Bertz CT molecular complexity index is 1610. The third-order valence-corrected chi connectivity index (χ3v) is 19.6. The van der Waals surface area contributed by atoms with Gasteiger partial charge in [0.15, 0.2) is 0 Å². The van der Waals surface area contributed by atoms with Crippen molar-refractivity contribution < 1.29 is 41.4 Å². The molecule has 1 fully saturated rings. The second-order valence-electron chi connectivity index (χ2n) is 14.0. The zero-order valence-corrected chi connectivity index (χ0v) is 31.8. The van der Waals surface area contributed by atoms with Crippen molar-refractivity contribution in [1.29, 1.82) is 0 Å². The van der Waals surface area contributed by atoms with Gasteiger partial charge in [0.2, 0.25) is 0 Å². The molecule has 7 rings (SSSR count). The van der Waals surface area contributed by atoms with E-state index in [1.165, 1.54) is 92.5 Å². The number of allylic oxidation sites excluding steroid dienone is 2. The van der Waals surface area contributed by atoms with Crippen LogP contribution in [0.2, 0.25) is 9.45 Å². The smallest absolute Gasteiger partial charge is 1.00 e. The molecule has 0 nitrogen and oxygen atoms in total. The van der Waals surface area contributed by atoms with E-state index in [2.05, 4.69) is 125 Å². The van der Waals surface area contributed by atoms with Crippen LogP contribution < -0.4 is 24.8 Å². The fraction of sp³-hybridized carbons (Fsp3) is 0.364. The summed E-state index contributed by atoms with van der Waals surface area (Å²) < 4.78 is 4.39. The van der Waals surface area contributed by atoms with Crippen molar-refractivity contribution in [3.05, 3.63) is 129 Å². The predicted molar refractivity (Wildman–Crippen MR) is 193 cm³/mol. The Kier molecular flexibility index (Phi) is 11.8. The molecule has 2 aliphatic carbocycles. The van der Waals surface area contributed by atoms with Gasteiger partial charge in [-0.3, -0.25) is 0 Å². The maximum atomic E-state index is 2.68. The third-order valence-electron chi connectivity index (χ3n) is 11.3. The van der Waals surface area contributed by atoms with Crippen LogP contribution in [-0.2, 0) is 29.4 Å². The minimum atomic E-state index is -2.43. The third kappa shape index (κ3) is 6.66. The van der Waals surface area contributed by atoms with Crippen molar-refractivity contribution in [2.75, 3.05) is 0 Å². The van der Waals surface area contributed by atoms with Gasteiger partial charge >= 0.3 is 277 Å². The summed E-state index contributed by atoms with van der Waals surface area (Å²) in [6.07, 6.45) is 15.2. The van der Waals surface area contributed by atoms with Gasteiger partial charge in [0, 0.05) is 0 Å². The molecule has 47 heavy (non-hydrogen) atoms. The Labute approximate surface area is 300 Å². The first-order valence-electron chi connectivity index (χ1n) is 18.0. The Balaban J connectivity index is 0.00000217. The second-order valence-corrected chi connectivity index (χ2v) is 21.2. The molecular formula is C44H50Cl2Ti. The van der Waals surface area contributed by atoms with Gasteiger partial charge in [-0.1, -0.05) is 0 Å². The Morgan fingerprint density at radius 3 is 1.28 bits per heavy atom. The van der Waals surface area contributed by atoms with Gasteiger partial charge in [0.25, 0.3) is 0 Å². The van der Waals surface area contributed by atoms with E-state index in [1.54, 1.807) is 22.3 Å². The van der Waals surface area contributed by atoms with Crippen molar-refractivity contribution >= 4 is 12.2 Å². The van der Waals surface area contributed by atoms with Crippen LogP contribution in [0, 0.1) is 0 Å². The maximum Gasteiger partial charge on any atom is -1.00 e. The van der Waals surface area contributed by atoms with Crippen molar-refractivity contribution in [3.63, 3.8) is 0 Å². The quantitative estimate of drug-likeness (QED) is 0.139. The molecule has 4 aromatic rings. The predicted octanol–water partition coefficient (Wildman–Crippen LogP) is 7.11. The minimum Gasteiger partial charge on any atom is -1.00 e. The van der Waals surface area contributed by atoms with Gasteiger partial charge in [-0.25, -0.2) is 0 Å². The number of aryl methyl sites for hydroxylation is 2. The number of hydrogen-bond donors (Lipinski definition) is 0. The molecule has 1 heterocycles. The average Bonchev–Trinajstić information content (AvgIpc) is 3.63. The molecule has 2 unspecified atom stereocenters. The van der Waals surface area contributed by atoms with Crippen molar-refractivity contribution in [2.45, 2.75) is 97.0 Å². The largest absolute Gasteiger partial charge is 1.00 e. The molecular weight excluding hydrogens is 647 g/mol. The van der Waals surface area contributed by atoms with Crippen molar-refractivity contribution in [3.8, 4) is 22.3 Å². The van der Waals surface area contributed by atoms with E-state index in [1.807, 2.05) is 0 Å². The van der Waals surface area contributed by atoms with Crippen LogP contribution in [-0.4, -0.2) is 0 Å². The van der Waals surface area contributed by atoms with Crippen LogP contribution in [0.1, 0.15) is 108 Å². The van der Waals surface area contributed by atoms with Gasteiger partial charge in [0.05, 0.1) is 0 Å². The zero-order chi connectivity index (χ0) is 31.0. The monoisotopic (exact) mass is 696 g/mol. The Morgan fingerprint density at radius 1 is 0.532 bits per heavy atom. The van der Waals surface area contributed by atoms with E-state index in [0.717, 1.165) is 12.8 Å². The Hall–Kier alpha value is -2.35. The van der Waals surface area contributed by atoms with Crippen LogP contribution >= 0.6 is 0 Å². The molecule has 0 bridgehead atoms. The fourth-order valence-electron chi connectivity index (χ4n) is 8.71. The minimum absolute atomic E-state index is 0. The molecule has 0 radical (unpaired) electrons. The van der Waals surface area contributed by atoms with Crippen molar-refractivity contribution in [1.82, 2.24) is 0 Å². The van der Waals surface area contributed by atoms with Gasteiger partial charge < -0.3 is 24.8 Å². The molecule has 0 spiro atoms. The van der Waals surface area contributed by atoms with Crippen LogP contribution in [0.25, 0.3) is 34.4 Å². The number of fused-ring (bicyclic) bond motifs is 2. The fourth-order valence-corrected chi connectivity index (χ4v) is 19.1. The van der Waals surface area contributed by atoms with E-state index in [4.69, 9.17) is 0 Å². The first-order chi connectivity index (χ1) is 22.1. The van der Waals surface area contributed by atoms with E-state index < -0.39 is 16.6 Å². The normalized spacial score (nSPS) is 17.7. The molecule has 3 heteroatoms. The summed E-state index contributed by atoms with van der Waals surface area (Å²) in [6, 6.07) is 33.4. The van der Waals surface area contributed by atoms with Crippen LogP contribution in [0.15, 0.2) is 96.1 Å². The van der Waals surface area contributed by atoms with Crippen LogP contribution in [0.5, 0.6) is 0 Å². The first kappa shape index (κ1) is 35.9. The van der Waals surface area contributed by atoms with E-state index >= 15 is 0 Å². The SMILES string of the molecule is CCCCC1=Cc2c(-c3ccc(CC)cc3)cccc2[CH]1[Ti+2]1([CH]2C(CCCC)=Cc3c(-c4ccc(CC)cc4)cccc32)[CH2][CH2]1.[Cl-].[Cl-]. The topological polar surface area (TPSA) is 0 Å². The Morgan fingerprint density at radius 2 is 0.936 bits per heavy atom. The van der Waals surface area contributed by atoms with E-state index in [0.29, 0.717) is 8.45 Å². The molecule has 1 aliphatic heterocycles. The molecule has 0 N–H and O–H groups in total. The summed E-state index contributed by atoms with van der Waals surface area (Å²) in [7, 11) is 0. The summed E-state index contributed by atoms with van der Waals surface area (Å²) in [5, 5.41) is 0. The summed E-state index contributed by atoms with van der Waals surface area (Å²) in [5.41, 5.74) is 18.4. The standard InChI is InChI=1S/2C21H23.C2H4.2ClH.Ti/c2*1-3-5-7-17-14-19-8-6-9-20(21(19)15-17)18-12-10-16(4-2)11-13-18;1-2;;;/h2*6,8-15H,3-5,7H2,1-2H3;1-2H2;2*1H;/q;;;;;+2/p-2. The summed E-state index contributed by atoms with van der Waals surface area (Å²) in [5.74, 6) is 0. The number of hydrogen-bond acceptors (Lipinski definition) is 0. The molecule has 244 valence electrons.